The third-order valence-corrected chi connectivity index (χ3v) is 5.00. The summed E-state index contributed by atoms with van der Waals surface area (Å²) in [5.74, 6) is -0.440. The average Bonchev–Trinajstić information content (AvgIpc) is 2.96. The normalized spacial score (nSPS) is 15.5. The van der Waals surface area contributed by atoms with E-state index in [2.05, 4.69) is 15.2 Å². The molecule has 2 amide bonds. The number of amides is 2. The van der Waals surface area contributed by atoms with Gasteiger partial charge in [0.2, 0.25) is 5.91 Å². The number of nitrogens with two attached hydrogens (primary N) is 1. The molecule has 0 radical (unpaired) electrons. The third-order valence-electron chi connectivity index (χ3n) is 5.00. The summed E-state index contributed by atoms with van der Waals surface area (Å²) in [4.78, 5) is 43.5. The Balaban J connectivity index is 1.80. The number of ether oxygens (including phenoxy) is 1. The first-order valence-electron chi connectivity index (χ1n) is 9.71. The molecule has 0 bridgehead atoms. The highest BCUT2D eigenvalue weighted by Gasteiger charge is 2.24. The van der Waals surface area contributed by atoms with Crippen LogP contribution < -0.4 is 16.7 Å². The number of pyridine rings is 1. The Labute approximate surface area is 168 Å². The SMILES string of the molecule is CC(C)(CNC(=O)n1c(=O)n(CCN2CCOCC2)c2ncccc21)CC(N)=O. The molecule has 3 heterocycles. The quantitative estimate of drug-likeness (QED) is 0.669. The zero-order valence-electron chi connectivity index (χ0n) is 16.9. The number of fused-ring (bicyclic) bond motifs is 1. The van der Waals surface area contributed by atoms with Gasteiger partial charge in [-0.2, -0.15) is 0 Å². The molecule has 29 heavy (non-hydrogen) atoms. The molecule has 1 aliphatic heterocycles. The van der Waals surface area contributed by atoms with Crippen LogP contribution in [0, 0.1) is 5.41 Å². The van der Waals surface area contributed by atoms with Gasteiger partial charge in [0.15, 0.2) is 5.65 Å². The Morgan fingerprint density at radius 1 is 1.28 bits per heavy atom. The van der Waals surface area contributed by atoms with E-state index in [1.54, 1.807) is 18.3 Å². The van der Waals surface area contributed by atoms with Crippen molar-refractivity contribution in [1.29, 1.82) is 0 Å². The number of morpholine rings is 1. The Morgan fingerprint density at radius 2 is 2.00 bits per heavy atom. The second-order valence-electron chi connectivity index (χ2n) is 8.04. The molecule has 1 fully saturated rings. The van der Waals surface area contributed by atoms with Gasteiger partial charge in [-0.3, -0.25) is 14.3 Å². The van der Waals surface area contributed by atoms with Crippen molar-refractivity contribution in [2.75, 3.05) is 39.4 Å². The number of rotatable bonds is 7. The van der Waals surface area contributed by atoms with Gasteiger partial charge in [-0.15, -0.1) is 0 Å². The molecule has 0 spiro atoms. The van der Waals surface area contributed by atoms with E-state index in [9.17, 15) is 14.4 Å². The van der Waals surface area contributed by atoms with Crippen molar-refractivity contribution in [1.82, 2.24) is 24.3 Å². The first kappa shape index (κ1) is 21.0. The van der Waals surface area contributed by atoms with Gasteiger partial charge in [-0.1, -0.05) is 13.8 Å². The number of carbonyl (C=O) groups is 2. The zero-order chi connectivity index (χ0) is 21.0. The predicted molar refractivity (Wildman–Crippen MR) is 108 cm³/mol. The number of imidazole rings is 1. The highest BCUT2D eigenvalue weighted by atomic mass is 16.5. The van der Waals surface area contributed by atoms with Crippen molar-refractivity contribution in [2.24, 2.45) is 11.1 Å². The van der Waals surface area contributed by atoms with Crippen molar-refractivity contribution in [3.05, 3.63) is 28.8 Å². The third kappa shape index (κ3) is 5.01. The van der Waals surface area contributed by atoms with Crippen LogP contribution in [-0.4, -0.2) is 70.3 Å². The van der Waals surface area contributed by atoms with Gasteiger partial charge < -0.3 is 15.8 Å². The number of aromatic nitrogens is 3. The monoisotopic (exact) mass is 404 g/mol. The average molecular weight is 404 g/mol. The summed E-state index contributed by atoms with van der Waals surface area (Å²) < 4.78 is 7.98. The summed E-state index contributed by atoms with van der Waals surface area (Å²) in [6.07, 6.45) is 1.73. The molecule has 0 unspecified atom stereocenters. The number of hydrogen-bond acceptors (Lipinski definition) is 6. The molecule has 0 aromatic carbocycles. The molecule has 1 saturated heterocycles. The van der Waals surface area contributed by atoms with E-state index in [0.29, 0.717) is 37.5 Å². The lowest BCUT2D eigenvalue weighted by Gasteiger charge is -2.26. The van der Waals surface area contributed by atoms with E-state index >= 15 is 0 Å². The molecule has 10 nitrogen and oxygen atoms in total. The molecule has 1 aliphatic rings. The molecule has 2 aromatic rings. The predicted octanol–water partition coefficient (Wildman–Crippen LogP) is -0.0105. The molecule has 0 aliphatic carbocycles. The summed E-state index contributed by atoms with van der Waals surface area (Å²) in [7, 11) is 0. The highest BCUT2D eigenvalue weighted by Crippen LogP contribution is 2.18. The van der Waals surface area contributed by atoms with Crippen molar-refractivity contribution in [3.63, 3.8) is 0 Å². The Hall–Kier alpha value is -2.72. The smallest absolute Gasteiger partial charge is 0.338 e. The molecule has 3 rings (SSSR count). The summed E-state index contributed by atoms with van der Waals surface area (Å²) in [5.41, 5.74) is 5.23. The lowest BCUT2D eigenvalue weighted by Crippen LogP contribution is -2.43. The Morgan fingerprint density at radius 3 is 2.69 bits per heavy atom. The molecule has 0 atom stereocenters. The molecule has 10 heteroatoms. The fourth-order valence-electron chi connectivity index (χ4n) is 3.48. The van der Waals surface area contributed by atoms with Crippen LogP contribution in [-0.2, 0) is 16.1 Å². The van der Waals surface area contributed by atoms with Gasteiger partial charge in [0.05, 0.1) is 18.7 Å². The van der Waals surface area contributed by atoms with Crippen LogP contribution in [0.2, 0.25) is 0 Å². The van der Waals surface area contributed by atoms with Crippen molar-refractivity contribution >= 4 is 23.1 Å². The highest BCUT2D eigenvalue weighted by molar-refractivity contribution is 5.87. The molecule has 0 saturated carbocycles. The van der Waals surface area contributed by atoms with Crippen LogP contribution in [0.4, 0.5) is 4.79 Å². The Bertz CT molecular complexity index is 942. The van der Waals surface area contributed by atoms with E-state index in [4.69, 9.17) is 10.5 Å². The topological polar surface area (TPSA) is 124 Å². The lowest BCUT2D eigenvalue weighted by molar-refractivity contribution is -0.119. The molecule has 2 aromatic heterocycles. The van der Waals surface area contributed by atoms with E-state index < -0.39 is 23.0 Å². The largest absolute Gasteiger partial charge is 0.379 e. The van der Waals surface area contributed by atoms with Crippen molar-refractivity contribution in [2.45, 2.75) is 26.8 Å². The number of primary amides is 1. The first-order valence-corrected chi connectivity index (χ1v) is 9.71. The zero-order valence-corrected chi connectivity index (χ0v) is 16.9. The van der Waals surface area contributed by atoms with Gasteiger partial charge in [-0.05, 0) is 17.5 Å². The van der Waals surface area contributed by atoms with Crippen LogP contribution in [0.1, 0.15) is 20.3 Å². The fraction of sp³-hybridized carbons (Fsp3) is 0.579. The summed E-state index contributed by atoms with van der Waals surface area (Å²) in [6, 6.07) is 2.84. The van der Waals surface area contributed by atoms with Gasteiger partial charge in [0.1, 0.15) is 0 Å². The van der Waals surface area contributed by atoms with Crippen molar-refractivity contribution < 1.29 is 14.3 Å². The van der Waals surface area contributed by atoms with Gasteiger partial charge in [0, 0.05) is 45.3 Å². The molecular weight excluding hydrogens is 376 g/mol. The number of hydrogen-bond donors (Lipinski definition) is 2. The van der Waals surface area contributed by atoms with Crippen LogP contribution >= 0.6 is 0 Å². The van der Waals surface area contributed by atoms with Gasteiger partial charge in [-0.25, -0.2) is 19.1 Å². The molecular formula is C19H28N6O4. The maximum absolute atomic E-state index is 13.0. The maximum Gasteiger partial charge on any atom is 0.338 e. The van der Waals surface area contributed by atoms with E-state index in [0.717, 1.165) is 17.7 Å². The van der Waals surface area contributed by atoms with Gasteiger partial charge >= 0.3 is 11.7 Å². The number of nitrogens with zero attached hydrogens (tertiary/aromatic N) is 4. The second-order valence-corrected chi connectivity index (χ2v) is 8.04. The van der Waals surface area contributed by atoms with Crippen LogP contribution in [0.25, 0.3) is 11.2 Å². The minimum atomic E-state index is -0.546. The minimum Gasteiger partial charge on any atom is -0.379 e. The summed E-state index contributed by atoms with van der Waals surface area (Å²) in [5, 5.41) is 2.74. The fourth-order valence-corrected chi connectivity index (χ4v) is 3.48. The standard InChI is InChI=1S/C19H28N6O4/c1-19(2,12-15(20)26)13-22-17(27)25-14-4-3-5-21-16(14)24(18(25)28)7-6-23-8-10-29-11-9-23/h3-5H,6-13H2,1-2H3,(H2,20,26)(H,22,27). The maximum atomic E-state index is 13.0. The second kappa shape index (κ2) is 8.75. The van der Waals surface area contributed by atoms with E-state index in [-0.39, 0.29) is 13.0 Å². The summed E-state index contributed by atoms with van der Waals surface area (Å²) in [6.45, 7) is 7.96. The van der Waals surface area contributed by atoms with Crippen molar-refractivity contribution in [3.8, 4) is 0 Å². The van der Waals surface area contributed by atoms with E-state index in [1.165, 1.54) is 4.57 Å². The summed E-state index contributed by atoms with van der Waals surface area (Å²) >= 11 is 0. The lowest BCUT2D eigenvalue weighted by atomic mass is 9.89. The van der Waals surface area contributed by atoms with Crippen LogP contribution in [0.3, 0.4) is 0 Å². The van der Waals surface area contributed by atoms with Crippen LogP contribution in [0.5, 0.6) is 0 Å². The number of carbonyl (C=O) groups excluding carboxylic acids is 2. The molecule has 3 N–H and O–H groups in total. The molecule has 158 valence electrons. The van der Waals surface area contributed by atoms with Crippen LogP contribution in [0.15, 0.2) is 23.1 Å². The van der Waals surface area contributed by atoms with E-state index in [1.807, 2.05) is 13.8 Å². The first-order chi connectivity index (χ1) is 13.8. The minimum absolute atomic E-state index is 0.130. The van der Waals surface area contributed by atoms with Gasteiger partial charge in [0.25, 0.3) is 0 Å². The number of nitrogens with one attached hydrogen (secondary N) is 1. The Kier molecular flexibility index (Phi) is 6.33.